The van der Waals surface area contributed by atoms with E-state index in [9.17, 15) is 14.9 Å². The van der Waals surface area contributed by atoms with Gasteiger partial charge < -0.3 is 19.9 Å². The van der Waals surface area contributed by atoms with E-state index in [1.54, 1.807) is 36.8 Å². The lowest BCUT2D eigenvalue weighted by molar-refractivity contribution is -0.383. The molecule has 0 saturated carbocycles. The molecule has 2 aromatic heterocycles. The summed E-state index contributed by atoms with van der Waals surface area (Å²) in [6.45, 7) is 1.22. The molecule has 0 saturated heterocycles. The molecule has 0 aliphatic heterocycles. The Morgan fingerprint density at radius 1 is 1.24 bits per heavy atom. The van der Waals surface area contributed by atoms with Crippen molar-refractivity contribution in [3.63, 3.8) is 0 Å². The maximum Gasteiger partial charge on any atom is 0.353 e. The van der Waals surface area contributed by atoms with Gasteiger partial charge in [-0.25, -0.2) is 19.7 Å². The minimum absolute atomic E-state index is 0.0490. The van der Waals surface area contributed by atoms with Crippen LogP contribution in [0.25, 0.3) is 0 Å². The summed E-state index contributed by atoms with van der Waals surface area (Å²) in [5.41, 5.74) is 0.646. The zero-order valence-electron chi connectivity index (χ0n) is 15.6. The van der Waals surface area contributed by atoms with Gasteiger partial charge in [0.25, 0.3) is 0 Å². The first kappa shape index (κ1) is 19.7. The number of nitrogens with one attached hydrogen (secondary N) is 2. The Balaban J connectivity index is 1.70. The molecule has 1 aromatic carbocycles. The van der Waals surface area contributed by atoms with Crippen molar-refractivity contribution < 1.29 is 14.5 Å². The van der Waals surface area contributed by atoms with Gasteiger partial charge in [-0.15, -0.1) is 0 Å². The average molecular weight is 397 g/mol. The fraction of sp³-hybridized carbons (Fsp3) is 0.222. The Morgan fingerprint density at radius 3 is 2.66 bits per heavy atom. The van der Waals surface area contributed by atoms with E-state index in [4.69, 9.17) is 0 Å². The minimum atomic E-state index is -0.538. The van der Waals surface area contributed by atoms with E-state index < -0.39 is 10.9 Å². The van der Waals surface area contributed by atoms with Gasteiger partial charge in [0.2, 0.25) is 11.6 Å². The number of nitro groups is 1. The average Bonchev–Trinajstić information content (AvgIpc) is 3.24. The predicted octanol–water partition coefficient (Wildman–Crippen LogP) is 2.61. The number of esters is 1. The topological polar surface area (TPSA) is 137 Å². The molecule has 0 atom stereocenters. The van der Waals surface area contributed by atoms with Gasteiger partial charge in [-0.2, -0.15) is 0 Å². The smallest absolute Gasteiger partial charge is 0.353 e. The van der Waals surface area contributed by atoms with E-state index in [1.807, 2.05) is 10.8 Å². The number of hydrogen-bond donors (Lipinski definition) is 2. The molecule has 0 spiro atoms. The third-order valence-corrected chi connectivity index (χ3v) is 4.02. The highest BCUT2D eigenvalue weighted by atomic mass is 16.6. The minimum Gasteiger partial charge on any atom is -0.465 e. The maximum absolute atomic E-state index is 11.6. The van der Waals surface area contributed by atoms with Crippen molar-refractivity contribution in [2.45, 2.75) is 13.0 Å². The normalized spacial score (nSPS) is 10.4. The van der Waals surface area contributed by atoms with Gasteiger partial charge in [-0.3, -0.25) is 10.1 Å². The van der Waals surface area contributed by atoms with Crippen LogP contribution in [-0.2, 0) is 11.3 Å². The zero-order valence-corrected chi connectivity index (χ0v) is 15.6. The van der Waals surface area contributed by atoms with Crippen molar-refractivity contribution in [1.82, 2.24) is 19.5 Å². The second-order valence-electron chi connectivity index (χ2n) is 5.95. The number of anilines is 3. The second-order valence-corrected chi connectivity index (χ2v) is 5.95. The Morgan fingerprint density at radius 2 is 2.00 bits per heavy atom. The lowest BCUT2D eigenvalue weighted by atomic mass is 10.2. The highest BCUT2D eigenvalue weighted by Gasteiger charge is 2.23. The first-order valence-corrected chi connectivity index (χ1v) is 8.73. The Kier molecular flexibility index (Phi) is 6.30. The fourth-order valence-electron chi connectivity index (χ4n) is 2.60. The standard InChI is InChI=1S/C18H19N7O4/c1-29-18(26)13-3-5-14(6-4-13)23-17-15(25(27)28)16(21-11-22-17)20-7-2-9-24-10-8-19-12-24/h3-6,8,10-12H,2,7,9H2,1H3,(H2,20,21,22,23). The summed E-state index contributed by atoms with van der Waals surface area (Å²) < 4.78 is 6.57. The molecule has 29 heavy (non-hydrogen) atoms. The fourth-order valence-corrected chi connectivity index (χ4v) is 2.60. The Labute approximate surface area is 165 Å². The SMILES string of the molecule is COC(=O)c1ccc(Nc2ncnc(NCCCn3ccnc3)c2[N+](=O)[O-])cc1. The highest BCUT2D eigenvalue weighted by Crippen LogP contribution is 2.31. The molecule has 0 fully saturated rings. The molecule has 0 radical (unpaired) electrons. The van der Waals surface area contributed by atoms with Crippen molar-refractivity contribution in [1.29, 1.82) is 0 Å². The maximum atomic E-state index is 11.6. The van der Waals surface area contributed by atoms with Crippen LogP contribution in [0, 0.1) is 10.1 Å². The van der Waals surface area contributed by atoms with E-state index in [1.165, 1.54) is 13.4 Å². The molecule has 2 heterocycles. The van der Waals surface area contributed by atoms with Crippen molar-refractivity contribution in [3.05, 3.63) is 65.0 Å². The number of ether oxygens (including phenoxy) is 1. The number of benzene rings is 1. The molecule has 2 N–H and O–H groups in total. The van der Waals surface area contributed by atoms with Crippen LogP contribution in [0.2, 0.25) is 0 Å². The molecule has 0 aliphatic carbocycles. The molecule has 0 amide bonds. The van der Waals surface area contributed by atoms with E-state index in [0.29, 0.717) is 17.8 Å². The third-order valence-electron chi connectivity index (χ3n) is 4.02. The van der Waals surface area contributed by atoms with Gasteiger partial charge in [0.1, 0.15) is 6.33 Å². The van der Waals surface area contributed by atoms with Gasteiger partial charge in [0.05, 0.1) is 23.9 Å². The molecular weight excluding hydrogens is 378 g/mol. The van der Waals surface area contributed by atoms with Gasteiger partial charge in [0.15, 0.2) is 0 Å². The molecule has 150 valence electrons. The number of rotatable bonds is 9. The van der Waals surface area contributed by atoms with E-state index in [0.717, 1.165) is 13.0 Å². The van der Waals surface area contributed by atoms with Gasteiger partial charge in [-0.05, 0) is 30.7 Å². The van der Waals surface area contributed by atoms with E-state index in [2.05, 4.69) is 30.3 Å². The van der Waals surface area contributed by atoms with Gasteiger partial charge in [0, 0.05) is 31.2 Å². The molecular formula is C18H19N7O4. The number of hydrogen-bond acceptors (Lipinski definition) is 9. The second kappa shape index (κ2) is 9.26. The third kappa shape index (κ3) is 5.03. The first-order chi connectivity index (χ1) is 14.1. The number of methoxy groups -OCH3 is 1. The van der Waals surface area contributed by atoms with Gasteiger partial charge >= 0.3 is 11.7 Å². The summed E-state index contributed by atoms with van der Waals surface area (Å²) in [6, 6.07) is 6.32. The summed E-state index contributed by atoms with van der Waals surface area (Å²) in [5.74, 6) is -0.288. The number of aromatic nitrogens is 4. The van der Waals surface area contributed by atoms with Crippen LogP contribution in [0.4, 0.5) is 23.0 Å². The van der Waals surface area contributed by atoms with Crippen LogP contribution in [0.1, 0.15) is 16.8 Å². The van der Waals surface area contributed by atoms with Crippen LogP contribution in [-0.4, -0.2) is 44.1 Å². The Hall–Kier alpha value is -4.02. The zero-order chi connectivity index (χ0) is 20.6. The van der Waals surface area contributed by atoms with Gasteiger partial charge in [-0.1, -0.05) is 0 Å². The summed E-state index contributed by atoms with van der Waals surface area (Å²) in [6.07, 6.45) is 7.23. The lowest BCUT2D eigenvalue weighted by Crippen LogP contribution is -2.11. The summed E-state index contributed by atoms with van der Waals surface area (Å²) >= 11 is 0. The monoisotopic (exact) mass is 397 g/mol. The van der Waals surface area contributed by atoms with E-state index in [-0.39, 0.29) is 17.3 Å². The number of aryl methyl sites for hydroxylation is 1. The summed E-state index contributed by atoms with van der Waals surface area (Å²) in [7, 11) is 1.29. The molecule has 11 nitrogen and oxygen atoms in total. The van der Waals surface area contributed by atoms with Crippen LogP contribution in [0.15, 0.2) is 49.3 Å². The summed E-state index contributed by atoms with van der Waals surface area (Å²) in [5, 5.41) is 17.5. The molecule has 11 heteroatoms. The Bertz CT molecular complexity index is 974. The quantitative estimate of drug-likeness (QED) is 0.241. The number of carbonyl (C=O) groups excluding carboxylic acids is 1. The van der Waals surface area contributed by atoms with Crippen molar-refractivity contribution in [3.8, 4) is 0 Å². The van der Waals surface area contributed by atoms with Crippen LogP contribution in [0.5, 0.6) is 0 Å². The van der Waals surface area contributed by atoms with Crippen LogP contribution >= 0.6 is 0 Å². The number of carbonyl (C=O) groups is 1. The molecule has 3 rings (SSSR count). The molecule has 3 aromatic rings. The highest BCUT2D eigenvalue weighted by molar-refractivity contribution is 5.89. The molecule has 0 unspecified atom stereocenters. The molecule has 0 aliphatic rings. The van der Waals surface area contributed by atoms with Crippen molar-refractivity contribution >= 4 is 29.0 Å². The van der Waals surface area contributed by atoms with Crippen LogP contribution in [0.3, 0.4) is 0 Å². The largest absolute Gasteiger partial charge is 0.465 e. The predicted molar refractivity (Wildman–Crippen MR) is 105 cm³/mol. The van der Waals surface area contributed by atoms with Crippen molar-refractivity contribution in [2.75, 3.05) is 24.3 Å². The number of imidazole rings is 1. The lowest BCUT2D eigenvalue weighted by Gasteiger charge is -2.10. The summed E-state index contributed by atoms with van der Waals surface area (Å²) in [4.78, 5) is 34.5. The first-order valence-electron chi connectivity index (χ1n) is 8.73. The van der Waals surface area contributed by atoms with Crippen LogP contribution < -0.4 is 10.6 Å². The van der Waals surface area contributed by atoms with Crippen molar-refractivity contribution in [2.24, 2.45) is 0 Å². The number of nitrogens with zero attached hydrogens (tertiary/aromatic N) is 5. The van der Waals surface area contributed by atoms with E-state index >= 15 is 0 Å². The molecule has 0 bridgehead atoms.